The van der Waals surface area contributed by atoms with Gasteiger partial charge in [0.05, 0.1) is 26.3 Å². The van der Waals surface area contributed by atoms with E-state index in [0.29, 0.717) is 0 Å². The van der Waals surface area contributed by atoms with Crippen LogP contribution < -0.4 is 0 Å². The molecule has 34 heavy (non-hydrogen) atoms. The summed E-state index contributed by atoms with van der Waals surface area (Å²) in [6.07, 6.45) is -0.471. The van der Waals surface area contributed by atoms with Gasteiger partial charge in [-0.1, -0.05) is 0 Å². The first-order valence-electron chi connectivity index (χ1n) is 11.8. The number of halogens is 1. The fourth-order valence-electron chi connectivity index (χ4n) is 4.60. The van der Waals surface area contributed by atoms with E-state index in [2.05, 4.69) is 0 Å². The third-order valence-corrected chi connectivity index (χ3v) is 6.39. The molecule has 2 heterocycles. The molecule has 0 radical (unpaired) electrons. The number of methoxy groups -OCH3 is 2. The number of carbonyl (C=O) groups excluding carboxylic acids is 4. The number of alkyl halides is 1. The number of amides is 3. The zero-order valence-corrected chi connectivity index (χ0v) is 20.6. The molecule has 4 atom stereocenters. The molecule has 0 aromatic heterocycles. The highest BCUT2D eigenvalue weighted by atomic mass is 19.1. The largest absolute Gasteiger partial charge is 0.467 e. The third kappa shape index (κ3) is 5.97. The van der Waals surface area contributed by atoms with Crippen molar-refractivity contribution in [3.05, 3.63) is 0 Å². The second-order valence-corrected chi connectivity index (χ2v) is 10.2. The summed E-state index contributed by atoms with van der Waals surface area (Å²) in [7, 11) is 2.76. The maximum Gasteiger partial charge on any atom is 0.411 e. The molecule has 0 unspecified atom stereocenters. The summed E-state index contributed by atoms with van der Waals surface area (Å²) in [4.78, 5) is 55.8. The summed E-state index contributed by atoms with van der Waals surface area (Å²) >= 11 is 0. The van der Waals surface area contributed by atoms with Crippen LogP contribution in [0.25, 0.3) is 0 Å². The van der Waals surface area contributed by atoms with Gasteiger partial charge in [0, 0.05) is 39.0 Å². The van der Waals surface area contributed by atoms with Gasteiger partial charge in [-0.05, 0) is 33.6 Å². The van der Waals surface area contributed by atoms with E-state index in [9.17, 15) is 23.6 Å². The van der Waals surface area contributed by atoms with Gasteiger partial charge in [-0.25, -0.2) is 14.0 Å². The zero-order chi connectivity index (χ0) is 25.2. The van der Waals surface area contributed by atoms with Gasteiger partial charge in [0.15, 0.2) is 0 Å². The van der Waals surface area contributed by atoms with Crippen molar-refractivity contribution >= 4 is 23.9 Å². The second-order valence-electron chi connectivity index (χ2n) is 10.2. The van der Waals surface area contributed by atoms with Crippen molar-refractivity contribution in [1.29, 1.82) is 0 Å². The van der Waals surface area contributed by atoms with Gasteiger partial charge < -0.3 is 24.0 Å². The van der Waals surface area contributed by atoms with Gasteiger partial charge in [-0.3, -0.25) is 14.5 Å². The predicted octanol–water partition coefficient (Wildman–Crippen LogP) is 1.36. The van der Waals surface area contributed by atoms with E-state index in [1.165, 1.54) is 24.0 Å². The van der Waals surface area contributed by atoms with E-state index in [4.69, 9.17) is 14.2 Å². The lowest BCUT2D eigenvalue weighted by Gasteiger charge is -2.34. The molecule has 3 aliphatic rings. The number of rotatable bonds is 7. The summed E-state index contributed by atoms with van der Waals surface area (Å²) in [6.45, 7) is 5.43. The number of ether oxygens (including phenoxy) is 3. The highest BCUT2D eigenvalue weighted by Crippen LogP contribution is 2.35. The molecule has 0 N–H and O–H groups in total. The number of nitrogens with zero attached hydrogens (tertiary/aromatic N) is 3. The van der Waals surface area contributed by atoms with Crippen LogP contribution in [0.2, 0.25) is 0 Å². The number of likely N-dealkylation sites (tertiary alicyclic amines) is 2. The molecule has 0 bridgehead atoms. The summed E-state index contributed by atoms with van der Waals surface area (Å²) < 4.78 is 29.9. The van der Waals surface area contributed by atoms with Crippen LogP contribution in [0.1, 0.15) is 46.5 Å². The molecule has 3 fully saturated rings. The average molecular weight is 486 g/mol. The molecule has 3 amide bonds. The van der Waals surface area contributed by atoms with Crippen molar-refractivity contribution in [2.45, 2.75) is 76.4 Å². The van der Waals surface area contributed by atoms with Crippen LogP contribution in [0.3, 0.4) is 0 Å². The van der Waals surface area contributed by atoms with Crippen molar-refractivity contribution in [2.24, 2.45) is 5.92 Å². The molecule has 0 aromatic rings. The van der Waals surface area contributed by atoms with Crippen LogP contribution in [0.5, 0.6) is 0 Å². The number of hydrogen-bond acceptors (Lipinski definition) is 7. The lowest BCUT2D eigenvalue weighted by atomic mass is 10.1. The Labute approximate surface area is 199 Å². The molecule has 192 valence electrons. The van der Waals surface area contributed by atoms with E-state index >= 15 is 0 Å². The van der Waals surface area contributed by atoms with E-state index in [1.54, 1.807) is 20.8 Å². The average Bonchev–Trinajstić information content (AvgIpc) is 3.40. The van der Waals surface area contributed by atoms with Crippen LogP contribution in [0, 0.1) is 5.92 Å². The Balaban J connectivity index is 1.82. The molecule has 1 saturated carbocycles. The van der Waals surface area contributed by atoms with E-state index in [1.807, 2.05) is 0 Å². The Bertz CT molecular complexity index is 798. The van der Waals surface area contributed by atoms with Gasteiger partial charge >= 0.3 is 12.1 Å². The van der Waals surface area contributed by atoms with Crippen molar-refractivity contribution < 1.29 is 37.8 Å². The van der Waals surface area contributed by atoms with Gasteiger partial charge in [0.2, 0.25) is 11.8 Å². The van der Waals surface area contributed by atoms with Crippen LogP contribution >= 0.6 is 0 Å². The first-order chi connectivity index (χ1) is 16.0. The van der Waals surface area contributed by atoms with Crippen molar-refractivity contribution in [3.8, 4) is 0 Å². The third-order valence-electron chi connectivity index (χ3n) is 6.39. The molecular weight excluding hydrogens is 449 g/mol. The molecule has 0 spiro atoms. The Morgan fingerprint density at radius 1 is 1.00 bits per heavy atom. The van der Waals surface area contributed by atoms with Crippen LogP contribution in [0.4, 0.5) is 9.18 Å². The lowest BCUT2D eigenvalue weighted by molar-refractivity contribution is -0.151. The predicted molar refractivity (Wildman–Crippen MR) is 118 cm³/mol. The van der Waals surface area contributed by atoms with Gasteiger partial charge in [-0.2, -0.15) is 0 Å². The molecule has 10 nitrogen and oxygen atoms in total. The highest BCUT2D eigenvalue weighted by molar-refractivity contribution is 5.89. The van der Waals surface area contributed by atoms with Crippen LogP contribution in [-0.2, 0) is 28.6 Å². The normalized spacial score (nSPS) is 27.0. The number of carbonyl (C=O) groups is 4. The monoisotopic (exact) mass is 485 g/mol. The van der Waals surface area contributed by atoms with E-state index < -0.39 is 47.9 Å². The van der Waals surface area contributed by atoms with Crippen molar-refractivity contribution in [3.63, 3.8) is 0 Å². The summed E-state index contributed by atoms with van der Waals surface area (Å²) in [5.74, 6) is -1.19. The summed E-state index contributed by atoms with van der Waals surface area (Å²) in [5.41, 5.74) is -0.794. The van der Waals surface area contributed by atoms with E-state index in [-0.39, 0.29) is 50.9 Å². The number of esters is 1. The molecule has 2 aliphatic heterocycles. The molecule has 0 aromatic carbocycles. The summed E-state index contributed by atoms with van der Waals surface area (Å²) in [5, 5.41) is 0. The van der Waals surface area contributed by atoms with Gasteiger partial charge in [0.25, 0.3) is 0 Å². The molecule has 1 aliphatic carbocycles. The first-order valence-corrected chi connectivity index (χ1v) is 11.8. The lowest BCUT2D eigenvalue weighted by Crippen LogP contribution is -2.53. The fourth-order valence-corrected chi connectivity index (χ4v) is 4.60. The molecule has 2 saturated heterocycles. The summed E-state index contributed by atoms with van der Waals surface area (Å²) in [6, 6.07) is -2.32. The molecule has 3 rings (SSSR count). The maximum absolute atomic E-state index is 14.4. The minimum atomic E-state index is -1.36. The zero-order valence-electron chi connectivity index (χ0n) is 20.6. The van der Waals surface area contributed by atoms with Gasteiger partial charge in [-0.15, -0.1) is 0 Å². The maximum atomic E-state index is 14.4. The quantitative estimate of drug-likeness (QED) is 0.502. The minimum Gasteiger partial charge on any atom is -0.467 e. The Morgan fingerprint density at radius 2 is 1.68 bits per heavy atom. The standard InChI is InChI=1S/C23H36FN3O7/c1-23(2,3)34-22(31)27-12-15(24)10-17(27)20(29)25(8-9-32-4)16-11-18(21(30)33-5)26(13-16)19(28)14-6-7-14/h14-18H,6-13H2,1-5H3/t15-,16+,17-,18+/m0/s1. The second kappa shape index (κ2) is 10.5. The van der Waals surface area contributed by atoms with Crippen LogP contribution in [-0.4, -0.2) is 109 Å². The van der Waals surface area contributed by atoms with Gasteiger partial charge in [0.1, 0.15) is 23.9 Å². The van der Waals surface area contributed by atoms with Crippen molar-refractivity contribution in [2.75, 3.05) is 40.5 Å². The smallest absolute Gasteiger partial charge is 0.411 e. The molecular formula is C23H36FN3O7. The highest BCUT2D eigenvalue weighted by Gasteiger charge is 2.49. The SMILES string of the molecule is COCCN(C(=O)[C@@H]1C[C@H](F)CN1C(=O)OC(C)(C)C)[C@@H]1C[C@H](C(=O)OC)N(C(=O)C2CC2)C1. The Kier molecular flexibility index (Phi) is 8.05. The Morgan fingerprint density at radius 3 is 2.24 bits per heavy atom. The number of hydrogen-bond donors (Lipinski definition) is 0. The fraction of sp³-hybridized carbons (Fsp3) is 0.826. The minimum absolute atomic E-state index is 0.0983. The first kappa shape index (κ1) is 26.2. The van der Waals surface area contributed by atoms with E-state index in [0.717, 1.165) is 17.7 Å². The van der Waals surface area contributed by atoms with Crippen molar-refractivity contribution in [1.82, 2.24) is 14.7 Å². The topological polar surface area (TPSA) is 106 Å². The Hall–Kier alpha value is -2.43. The van der Waals surface area contributed by atoms with Crippen LogP contribution in [0.15, 0.2) is 0 Å². The molecule has 11 heteroatoms.